The second kappa shape index (κ2) is 7.47. The topological polar surface area (TPSA) is 76.7 Å². The van der Waals surface area contributed by atoms with Crippen molar-refractivity contribution in [2.75, 3.05) is 10.6 Å². The van der Waals surface area contributed by atoms with E-state index in [-0.39, 0.29) is 30.4 Å². The largest absolute Gasteiger partial charge is 0.491 e. The number of carbonyl (C=O) groups excluding carboxylic acids is 2. The van der Waals surface area contributed by atoms with Crippen molar-refractivity contribution in [1.82, 2.24) is 0 Å². The van der Waals surface area contributed by atoms with Gasteiger partial charge < -0.3 is 20.1 Å². The predicted molar refractivity (Wildman–Crippen MR) is 99.9 cm³/mol. The third kappa shape index (κ3) is 4.14. The third-order valence-electron chi connectivity index (χ3n) is 3.79. The maximum Gasteiger partial charge on any atom is 0.259 e. The molecular weight excluding hydrogens is 332 g/mol. The molecule has 2 N–H and O–H groups in total. The van der Waals surface area contributed by atoms with Gasteiger partial charge in [0.1, 0.15) is 11.9 Å². The molecule has 6 heteroatoms. The standard InChI is InChI=1S/C20H22N2O4/c1-12(2)25-15-7-4-6-14(11-15)21-20(24)16-8-5-9-17-19(16)26-13(3)10-18(23)22-17/h4-9,11-13H,10H2,1-3H3,(H,21,24)(H,22,23)/t13-/m0/s1. The first kappa shape index (κ1) is 17.8. The molecule has 1 aliphatic rings. The van der Waals surface area contributed by atoms with Gasteiger partial charge in [0.15, 0.2) is 5.75 Å². The van der Waals surface area contributed by atoms with Gasteiger partial charge >= 0.3 is 0 Å². The molecule has 2 aromatic rings. The number of hydrogen-bond acceptors (Lipinski definition) is 4. The molecule has 26 heavy (non-hydrogen) atoms. The van der Waals surface area contributed by atoms with E-state index in [2.05, 4.69) is 10.6 Å². The smallest absolute Gasteiger partial charge is 0.259 e. The Morgan fingerprint density at radius 2 is 2.04 bits per heavy atom. The number of anilines is 2. The molecule has 0 saturated carbocycles. The Bertz CT molecular complexity index is 832. The number of fused-ring (bicyclic) bond motifs is 1. The van der Waals surface area contributed by atoms with Crippen molar-refractivity contribution >= 4 is 23.2 Å². The Labute approximate surface area is 152 Å². The van der Waals surface area contributed by atoms with Crippen molar-refractivity contribution in [3.05, 3.63) is 48.0 Å². The lowest BCUT2D eigenvalue weighted by Crippen LogP contribution is -2.18. The maximum atomic E-state index is 12.8. The summed E-state index contributed by atoms with van der Waals surface area (Å²) >= 11 is 0. The molecule has 1 aliphatic heterocycles. The van der Waals surface area contributed by atoms with Crippen molar-refractivity contribution in [2.24, 2.45) is 0 Å². The number of para-hydroxylation sites is 1. The van der Waals surface area contributed by atoms with Gasteiger partial charge in [-0.05, 0) is 45.0 Å². The highest BCUT2D eigenvalue weighted by atomic mass is 16.5. The van der Waals surface area contributed by atoms with Gasteiger partial charge in [0, 0.05) is 11.8 Å². The number of nitrogens with one attached hydrogen (secondary N) is 2. The van der Waals surface area contributed by atoms with Gasteiger partial charge in [-0.15, -0.1) is 0 Å². The summed E-state index contributed by atoms with van der Waals surface area (Å²) in [5.41, 5.74) is 1.49. The number of rotatable bonds is 4. The molecule has 6 nitrogen and oxygen atoms in total. The molecule has 2 aromatic carbocycles. The van der Waals surface area contributed by atoms with Crippen molar-refractivity contribution in [1.29, 1.82) is 0 Å². The molecule has 0 fully saturated rings. The quantitative estimate of drug-likeness (QED) is 0.875. The van der Waals surface area contributed by atoms with Crippen LogP contribution in [0.5, 0.6) is 11.5 Å². The van der Waals surface area contributed by atoms with Crippen LogP contribution in [0.3, 0.4) is 0 Å². The highest BCUT2D eigenvalue weighted by Crippen LogP contribution is 2.33. The summed E-state index contributed by atoms with van der Waals surface area (Å²) < 4.78 is 11.5. The van der Waals surface area contributed by atoms with Crippen LogP contribution in [0, 0.1) is 0 Å². The zero-order valence-corrected chi connectivity index (χ0v) is 15.0. The zero-order chi connectivity index (χ0) is 18.7. The van der Waals surface area contributed by atoms with Gasteiger partial charge in [0.2, 0.25) is 5.91 Å². The molecule has 3 rings (SSSR count). The monoisotopic (exact) mass is 354 g/mol. The van der Waals surface area contributed by atoms with E-state index in [4.69, 9.17) is 9.47 Å². The van der Waals surface area contributed by atoms with Crippen LogP contribution in [0.2, 0.25) is 0 Å². The lowest BCUT2D eigenvalue weighted by atomic mass is 10.1. The normalized spacial score (nSPS) is 16.2. The first-order chi connectivity index (χ1) is 12.4. The minimum Gasteiger partial charge on any atom is -0.491 e. The lowest BCUT2D eigenvalue weighted by Gasteiger charge is -2.16. The minimum atomic E-state index is -0.313. The molecular formula is C20H22N2O4. The predicted octanol–water partition coefficient (Wildman–Crippen LogP) is 3.84. The fourth-order valence-electron chi connectivity index (χ4n) is 2.76. The first-order valence-corrected chi connectivity index (χ1v) is 8.60. The summed E-state index contributed by atoms with van der Waals surface area (Å²) in [5, 5.41) is 5.64. The number of amides is 2. The van der Waals surface area contributed by atoms with Crippen molar-refractivity contribution < 1.29 is 19.1 Å². The summed E-state index contributed by atoms with van der Waals surface area (Å²) in [7, 11) is 0. The summed E-state index contributed by atoms with van der Waals surface area (Å²) in [6.07, 6.45) is -0.0260. The molecule has 136 valence electrons. The van der Waals surface area contributed by atoms with Crippen LogP contribution in [0.1, 0.15) is 37.6 Å². The van der Waals surface area contributed by atoms with E-state index in [0.717, 1.165) is 0 Å². The number of ether oxygens (including phenoxy) is 2. The van der Waals surface area contributed by atoms with Gasteiger partial charge in [-0.25, -0.2) is 0 Å². The molecule has 0 bridgehead atoms. The van der Waals surface area contributed by atoms with Crippen LogP contribution in [0.25, 0.3) is 0 Å². The van der Waals surface area contributed by atoms with E-state index < -0.39 is 0 Å². The van der Waals surface area contributed by atoms with Crippen LogP contribution in [-0.2, 0) is 4.79 Å². The minimum absolute atomic E-state index is 0.0457. The Morgan fingerprint density at radius 3 is 2.81 bits per heavy atom. The van der Waals surface area contributed by atoms with E-state index in [9.17, 15) is 9.59 Å². The second-order valence-electron chi connectivity index (χ2n) is 6.51. The molecule has 0 saturated heterocycles. The average molecular weight is 354 g/mol. The highest BCUT2D eigenvalue weighted by Gasteiger charge is 2.24. The van der Waals surface area contributed by atoms with Crippen molar-refractivity contribution in [3.63, 3.8) is 0 Å². The van der Waals surface area contributed by atoms with Gasteiger partial charge in [-0.3, -0.25) is 9.59 Å². The van der Waals surface area contributed by atoms with E-state index in [1.54, 1.807) is 37.3 Å². The first-order valence-electron chi connectivity index (χ1n) is 8.60. The molecule has 0 aliphatic carbocycles. The number of hydrogen-bond donors (Lipinski definition) is 2. The molecule has 1 atom stereocenters. The second-order valence-corrected chi connectivity index (χ2v) is 6.51. The fraction of sp³-hybridized carbons (Fsp3) is 0.300. The fourth-order valence-corrected chi connectivity index (χ4v) is 2.76. The summed E-state index contributed by atoms with van der Waals surface area (Å²) in [6, 6.07) is 12.3. The van der Waals surface area contributed by atoms with Crippen LogP contribution in [-0.4, -0.2) is 24.0 Å². The Kier molecular flexibility index (Phi) is 5.11. The molecule has 0 aromatic heterocycles. The van der Waals surface area contributed by atoms with E-state index >= 15 is 0 Å². The lowest BCUT2D eigenvalue weighted by molar-refractivity contribution is -0.117. The van der Waals surface area contributed by atoms with Gasteiger partial charge in [-0.1, -0.05) is 12.1 Å². The van der Waals surface area contributed by atoms with Gasteiger partial charge in [0.25, 0.3) is 5.91 Å². The van der Waals surface area contributed by atoms with Crippen LogP contribution < -0.4 is 20.1 Å². The van der Waals surface area contributed by atoms with E-state index in [1.807, 2.05) is 26.0 Å². The molecule has 0 spiro atoms. The molecule has 0 unspecified atom stereocenters. The Balaban J connectivity index is 1.85. The van der Waals surface area contributed by atoms with Crippen LogP contribution >= 0.6 is 0 Å². The zero-order valence-electron chi connectivity index (χ0n) is 15.0. The van der Waals surface area contributed by atoms with Crippen molar-refractivity contribution in [2.45, 2.75) is 39.4 Å². The van der Waals surface area contributed by atoms with E-state index in [1.165, 1.54) is 0 Å². The maximum absolute atomic E-state index is 12.8. The number of benzene rings is 2. The highest BCUT2D eigenvalue weighted by molar-refractivity contribution is 6.08. The van der Waals surface area contributed by atoms with Gasteiger partial charge in [0.05, 0.1) is 23.8 Å². The SMILES string of the molecule is CC(C)Oc1cccc(NC(=O)c2cccc3c2O[C@@H](C)CC(=O)N3)c1. The number of carbonyl (C=O) groups is 2. The summed E-state index contributed by atoms with van der Waals surface area (Å²) in [5.74, 6) is 0.624. The summed E-state index contributed by atoms with van der Waals surface area (Å²) in [4.78, 5) is 24.6. The van der Waals surface area contributed by atoms with Crippen LogP contribution in [0.4, 0.5) is 11.4 Å². The molecule has 2 amide bonds. The average Bonchev–Trinajstić information content (AvgIpc) is 2.70. The summed E-state index contributed by atoms with van der Waals surface area (Å²) in [6.45, 7) is 5.69. The van der Waals surface area contributed by atoms with Crippen LogP contribution in [0.15, 0.2) is 42.5 Å². The van der Waals surface area contributed by atoms with E-state index in [0.29, 0.717) is 28.4 Å². The van der Waals surface area contributed by atoms with Gasteiger partial charge in [-0.2, -0.15) is 0 Å². The Hall–Kier alpha value is -3.02. The molecule has 1 heterocycles. The Morgan fingerprint density at radius 1 is 1.27 bits per heavy atom. The third-order valence-corrected chi connectivity index (χ3v) is 3.79. The molecule has 0 radical (unpaired) electrons. The van der Waals surface area contributed by atoms with Crippen molar-refractivity contribution in [3.8, 4) is 11.5 Å².